The lowest BCUT2D eigenvalue weighted by Crippen LogP contribution is -2.26. The molecule has 1 saturated carbocycles. The van der Waals surface area contributed by atoms with E-state index in [0.29, 0.717) is 11.2 Å². The minimum absolute atomic E-state index is 0.0734. The molecular formula is C8H9ClN2O2S. The third-order valence-corrected chi connectivity index (χ3v) is 3.57. The molecule has 2 N–H and O–H groups in total. The smallest absolute Gasteiger partial charge is 0.349 e. The molecule has 0 amide bonds. The maximum absolute atomic E-state index is 10.7. The Morgan fingerprint density at radius 2 is 2.36 bits per heavy atom. The Hall–Kier alpha value is -0.810. The number of thiazole rings is 1. The lowest BCUT2D eigenvalue weighted by molar-refractivity contribution is 0.0702. The first-order valence-corrected chi connectivity index (χ1v) is 5.52. The van der Waals surface area contributed by atoms with Crippen LogP contribution in [0.5, 0.6) is 0 Å². The molecule has 1 aromatic rings. The van der Waals surface area contributed by atoms with Gasteiger partial charge in [-0.15, -0.1) is 0 Å². The fourth-order valence-corrected chi connectivity index (χ4v) is 2.33. The molecule has 1 heterocycles. The summed E-state index contributed by atoms with van der Waals surface area (Å²) in [6.07, 6.45) is 3.47. The minimum Gasteiger partial charge on any atom is -0.477 e. The van der Waals surface area contributed by atoms with Crippen molar-refractivity contribution in [1.29, 1.82) is 0 Å². The second kappa shape index (κ2) is 3.74. The maximum atomic E-state index is 10.7. The van der Waals surface area contributed by atoms with Gasteiger partial charge in [-0.2, -0.15) is 0 Å². The van der Waals surface area contributed by atoms with E-state index < -0.39 is 5.97 Å². The summed E-state index contributed by atoms with van der Waals surface area (Å²) < 4.78 is 0. The number of rotatable bonds is 3. The standard InChI is InChI=1S/C8H9ClN2O2S/c9-6-5(7(12)13)14-8(11-6)10-4-2-1-3-4/h4H,1-3H2,(H,10,11)(H,12,13). The quantitative estimate of drug-likeness (QED) is 0.841. The van der Waals surface area contributed by atoms with Crippen molar-refractivity contribution in [2.24, 2.45) is 0 Å². The highest BCUT2D eigenvalue weighted by Crippen LogP contribution is 2.30. The van der Waals surface area contributed by atoms with Crippen LogP contribution in [0.25, 0.3) is 0 Å². The normalized spacial score (nSPS) is 16.4. The van der Waals surface area contributed by atoms with Gasteiger partial charge in [0.05, 0.1) is 0 Å². The summed E-state index contributed by atoms with van der Waals surface area (Å²) in [5, 5.41) is 12.6. The van der Waals surface area contributed by atoms with Gasteiger partial charge in [-0.3, -0.25) is 0 Å². The van der Waals surface area contributed by atoms with Gasteiger partial charge in [0.1, 0.15) is 0 Å². The molecule has 0 aliphatic heterocycles. The Kier molecular flexibility index (Phi) is 2.60. The van der Waals surface area contributed by atoms with Gasteiger partial charge in [0.2, 0.25) is 0 Å². The fourth-order valence-electron chi connectivity index (χ4n) is 1.22. The molecular weight excluding hydrogens is 224 g/mol. The number of hydrogen-bond acceptors (Lipinski definition) is 4. The van der Waals surface area contributed by atoms with Gasteiger partial charge in [0, 0.05) is 6.04 Å². The Bertz CT molecular complexity index is 362. The summed E-state index contributed by atoms with van der Waals surface area (Å²) in [5.41, 5.74) is 0. The van der Waals surface area contributed by atoms with E-state index in [9.17, 15) is 4.79 Å². The van der Waals surface area contributed by atoms with Crippen LogP contribution in [0.1, 0.15) is 28.9 Å². The van der Waals surface area contributed by atoms with E-state index in [4.69, 9.17) is 16.7 Å². The Labute approximate surface area is 89.9 Å². The van der Waals surface area contributed by atoms with Gasteiger partial charge in [-0.1, -0.05) is 22.9 Å². The van der Waals surface area contributed by atoms with Crippen LogP contribution in [0.4, 0.5) is 5.13 Å². The van der Waals surface area contributed by atoms with Crippen LogP contribution in [0.3, 0.4) is 0 Å². The molecule has 0 unspecified atom stereocenters. The molecule has 2 rings (SSSR count). The second-order valence-corrected chi connectivity index (χ2v) is 4.57. The summed E-state index contributed by atoms with van der Waals surface area (Å²) in [6, 6.07) is 0.443. The van der Waals surface area contributed by atoms with Crippen molar-refractivity contribution < 1.29 is 9.90 Å². The van der Waals surface area contributed by atoms with Crippen LogP contribution in [0.2, 0.25) is 5.15 Å². The molecule has 0 atom stereocenters. The number of hydrogen-bond donors (Lipinski definition) is 2. The van der Waals surface area contributed by atoms with Crippen LogP contribution < -0.4 is 5.32 Å². The molecule has 6 heteroatoms. The zero-order valence-electron chi connectivity index (χ0n) is 7.29. The predicted octanol–water partition coefficient (Wildman–Crippen LogP) is 2.46. The van der Waals surface area contributed by atoms with Crippen molar-refractivity contribution in [2.75, 3.05) is 5.32 Å². The average molecular weight is 233 g/mol. The molecule has 14 heavy (non-hydrogen) atoms. The number of carboxylic acid groups (broad SMARTS) is 1. The highest BCUT2D eigenvalue weighted by Gasteiger charge is 2.21. The molecule has 1 aliphatic rings. The van der Waals surface area contributed by atoms with Gasteiger partial charge >= 0.3 is 5.97 Å². The SMILES string of the molecule is O=C(O)c1sc(NC2CCC2)nc1Cl. The van der Waals surface area contributed by atoms with Crippen LogP contribution in [-0.4, -0.2) is 22.1 Å². The van der Waals surface area contributed by atoms with Crippen molar-refractivity contribution in [3.63, 3.8) is 0 Å². The minimum atomic E-state index is -1.02. The van der Waals surface area contributed by atoms with Crippen molar-refractivity contribution in [1.82, 2.24) is 4.98 Å². The van der Waals surface area contributed by atoms with E-state index in [1.54, 1.807) is 0 Å². The third kappa shape index (κ3) is 1.83. The van der Waals surface area contributed by atoms with Crippen LogP contribution in [0.15, 0.2) is 0 Å². The first kappa shape index (κ1) is 9.73. The van der Waals surface area contributed by atoms with Crippen LogP contribution >= 0.6 is 22.9 Å². The number of halogens is 1. The van der Waals surface area contributed by atoms with Gasteiger partial charge in [-0.25, -0.2) is 9.78 Å². The molecule has 1 fully saturated rings. The molecule has 1 aromatic heterocycles. The summed E-state index contributed by atoms with van der Waals surface area (Å²) >= 11 is 6.75. The predicted molar refractivity (Wildman–Crippen MR) is 55.3 cm³/mol. The summed E-state index contributed by atoms with van der Waals surface area (Å²) in [5.74, 6) is -1.02. The monoisotopic (exact) mass is 232 g/mol. The number of aromatic nitrogens is 1. The molecule has 0 bridgehead atoms. The van der Waals surface area contributed by atoms with Crippen molar-refractivity contribution in [3.8, 4) is 0 Å². The highest BCUT2D eigenvalue weighted by atomic mass is 35.5. The molecule has 0 saturated heterocycles. The zero-order chi connectivity index (χ0) is 10.1. The van der Waals surface area contributed by atoms with Crippen LogP contribution in [-0.2, 0) is 0 Å². The van der Waals surface area contributed by atoms with Gasteiger partial charge < -0.3 is 10.4 Å². The first-order chi connectivity index (χ1) is 6.66. The summed E-state index contributed by atoms with van der Waals surface area (Å²) in [7, 11) is 0. The molecule has 1 aliphatic carbocycles. The lowest BCUT2D eigenvalue weighted by Gasteiger charge is -2.25. The largest absolute Gasteiger partial charge is 0.477 e. The number of anilines is 1. The van der Waals surface area contributed by atoms with E-state index in [2.05, 4.69) is 10.3 Å². The number of carboxylic acids is 1. The maximum Gasteiger partial charge on any atom is 0.349 e. The van der Waals surface area contributed by atoms with E-state index in [1.807, 2.05) is 0 Å². The van der Waals surface area contributed by atoms with Crippen molar-refractivity contribution in [3.05, 3.63) is 10.0 Å². The number of nitrogens with one attached hydrogen (secondary N) is 1. The first-order valence-electron chi connectivity index (χ1n) is 4.33. The Morgan fingerprint density at radius 3 is 2.79 bits per heavy atom. The molecule has 0 radical (unpaired) electrons. The van der Waals surface area contributed by atoms with Gasteiger partial charge in [0.15, 0.2) is 15.2 Å². The summed E-state index contributed by atoms with van der Waals surface area (Å²) in [6.45, 7) is 0. The number of nitrogens with zero attached hydrogens (tertiary/aromatic N) is 1. The zero-order valence-corrected chi connectivity index (χ0v) is 8.86. The van der Waals surface area contributed by atoms with E-state index >= 15 is 0 Å². The van der Waals surface area contributed by atoms with Crippen LogP contribution in [0, 0.1) is 0 Å². The third-order valence-electron chi connectivity index (χ3n) is 2.21. The van der Waals surface area contributed by atoms with Crippen molar-refractivity contribution in [2.45, 2.75) is 25.3 Å². The summed E-state index contributed by atoms with van der Waals surface area (Å²) in [4.78, 5) is 14.7. The Morgan fingerprint density at radius 1 is 1.64 bits per heavy atom. The number of carbonyl (C=O) groups is 1. The topological polar surface area (TPSA) is 62.2 Å². The average Bonchev–Trinajstić information content (AvgIpc) is 2.39. The molecule has 0 spiro atoms. The second-order valence-electron chi connectivity index (χ2n) is 3.22. The van der Waals surface area contributed by atoms with Crippen molar-refractivity contribution >= 4 is 34.0 Å². The Balaban J connectivity index is 2.10. The molecule has 76 valence electrons. The van der Waals surface area contributed by atoms with E-state index in [-0.39, 0.29) is 10.0 Å². The van der Waals surface area contributed by atoms with E-state index in [1.165, 1.54) is 6.42 Å². The molecule has 4 nitrogen and oxygen atoms in total. The number of aromatic carboxylic acids is 1. The van der Waals surface area contributed by atoms with E-state index in [0.717, 1.165) is 24.2 Å². The van der Waals surface area contributed by atoms with Gasteiger partial charge in [0.25, 0.3) is 0 Å². The molecule has 0 aromatic carbocycles. The fraction of sp³-hybridized carbons (Fsp3) is 0.500. The lowest BCUT2D eigenvalue weighted by atomic mass is 9.93. The van der Waals surface area contributed by atoms with Gasteiger partial charge in [-0.05, 0) is 19.3 Å². The highest BCUT2D eigenvalue weighted by molar-refractivity contribution is 7.18.